The number of carbonyl (C=O) groups excluding carboxylic acids is 1. The number of nitrogen functional groups attached to an aromatic ring is 1. The summed E-state index contributed by atoms with van der Waals surface area (Å²) in [5, 5.41) is 11.8. The fourth-order valence-electron chi connectivity index (χ4n) is 2.98. The van der Waals surface area contributed by atoms with Crippen molar-refractivity contribution in [2.24, 2.45) is 5.92 Å². The van der Waals surface area contributed by atoms with Gasteiger partial charge < -0.3 is 11.2 Å². The van der Waals surface area contributed by atoms with Crippen LogP contribution in [0.2, 0.25) is 0 Å². The monoisotopic (exact) mass is 346 g/mol. The van der Waals surface area contributed by atoms with Crippen molar-refractivity contribution in [3.05, 3.63) is 24.5 Å². The molecule has 0 bridgehead atoms. The summed E-state index contributed by atoms with van der Waals surface area (Å²) in [7, 11) is 0. The van der Waals surface area contributed by atoms with Crippen molar-refractivity contribution in [2.75, 3.05) is 11.6 Å². The van der Waals surface area contributed by atoms with Crippen LogP contribution in [0.1, 0.15) is 32.6 Å². The van der Waals surface area contributed by atoms with Gasteiger partial charge in [0.25, 0.3) is 0 Å². The molecule has 0 spiro atoms. The van der Waals surface area contributed by atoms with Gasteiger partial charge in [-0.1, -0.05) is 31.5 Å². The van der Waals surface area contributed by atoms with Gasteiger partial charge in [0.15, 0.2) is 5.82 Å². The van der Waals surface area contributed by atoms with Crippen LogP contribution in [0.25, 0.3) is 11.4 Å². The van der Waals surface area contributed by atoms with Crippen LogP contribution in [-0.4, -0.2) is 37.6 Å². The topological polar surface area (TPSA) is 98.7 Å². The highest BCUT2D eigenvalue weighted by atomic mass is 32.2. The Labute approximate surface area is 145 Å². The molecule has 1 aliphatic rings. The molecule has 1 fully saturated rings. The molecule has 8 heteroatoms. The van der Waals surface area contributed by atoms with Gasteiger partial charge in [-0.25, -0.2) is 4.68 Å². The predicted octanol–water partition coefficient (Wildman–Crippen LogP) is 1.84. The molecule has 2 heterocycles. The molecule has 24 heavy (non-hydrogen) atoms. The summed E-state index contributed by atoms with van der Waals surface area (Å²) < 4.78 is 1.40. The second-order valence-corrected chi connectivity index (χ2v) is 7.08. The van der Waals surface area contributed by atoms with Gasteiger partial charge in [-0.2, -0.15) is 0 Å². The Morgan fingerprint density at radius 2 is 2.25 bits per heavy atom. The standard InChI is InChI=1S/C16H22N6OS/c1-11-5-2-3-7-13(11)19-14(23)10-24-16-21-20-15(22(16)17)12-6-4-8-18-9-12/h4,6,8-9,11,13H,2-3,5,7,10,17H2,1H3,(H,19,23)/t11-,13-/m1/s1. The lowest BCUT2D eigenvalue weighted by Gasteiger charge is -2.29. The van der Waals surface area contributed by atoms with Crippen LogP contribution >= 0.6 is 11.8 Å². The van der Waals surface area contributed by atoms with Crippen molar-refractivity contribution in [2.45, 2.75) is 43.8 Å². The molecule has 0 radical (unpaired) electrons. The molecular weight excluding hydrogens is 324 g/mol. The zero-order chi connectivity index (χ0) is 16.9. The van der Waals surface area contributed by atoms with E-state index in [4.69, 9.17) is 5.84 Å². The average molecular weight is 346 g/mol. The summed E-state index contributed by atoms with van der Waals surface area (Å²) in [5.74, 6) is 7.42. The van der Waals surface area contributed by atoms with E-state index in [0.29, 0.717) is 16.9 Å². The maximum Gasteiger partial charge on any atom is 0.230 e. The van der Waals surface area contributed by atoms with Gasteiger partial charge >= 0.3 is 0 Å². The minimum absolute atomic E-state index is 0.0182. The molecule has 0 saturated heterocycles. The number of nitrogens with one attached hydrogen (secondary N) is 1. The van der Waals surface area contributed by atoms with Gasteiger partial charge in [-0.15, -0.1) is 10.2 Å². The Morgan fingerprint density at radius 3 is 3.00 bits per heavy atom. The van der Waals surface area contributed by atoms with Crippen molar-refractivity contribution in [1.82, 2.24) is 25.2 Å². The van der Waals surface area contributed by atoms with Crippen LogP contribution in [-0.2, 0) is 4.79 Å². The molecule has 0 aliphatic heterocycles. The van der Waals surface area contributed by atoms with E-state index < -0.39 is 0 Å². The van der Waals surface area contributed by atoms with E-state index in [1.807, 2.05) is 12.1 Å². The first-order valence-electron chi connectivity index (χ1n) is 8.18. The molecule has 128 valence electrons. The number of aromatic nitrogens is 4. The van der Waals surface area contributed by atoms with Gasteiger partial charge in [0, 0.05) is 24.0 Å². The second kappa shape index (κ2) is 7.65. The normalized spacial score (nSPS) is 20.7. The minimum Gasteiger partial charge on any atom is -0.352 e. The average Bonchev–Trinajstić information content (AvgIpc) is 2.97. The summed E-state index contributed by atoms with van der Waals surface area (Å²) in [6, 6.07) is 3.97. The van der Waals surface area contributed by atoms with E-state index in [9.17, 15) is 4.79 Å². The fraction of sp³-hybridized carbons (Fsp3) is 0.500. The van der Waals surface area contributed by atoms with Gasteiger partial charge in [0.2, 0.25) is 11.1 Å². The number of hydrogen-bond donors (Lipinski definition) is 2. The van der Waals surface area contributed by atoms with E-state index in [1.165, 1.54) is 35.7 Å². The van der Waals surface area contributed by atoms with Gasteiger partial charge in [-0.05, 0) is 30.9 Å². The molecule has 1 amide bonds. The van der Waals surface area contributed by atoms with E-state index in [0.717, 1.165) is 12.0 Å². The van der Waals surface area contributed by atoms with Crippen LogP contribution in [0.3, 0.4) is 0 Å². The van der Waals surface area contributed by atoms with Crippen molar-refractivity contribution >= 4 is 17.7 Å². The van der Waals surface area contributed by atoms with Gasteiger partial charge in [-0.3, -0.25) is 9.78 Å². The fourth-order valence-corrected chi connectivity index (χ4v) is 3.64. The second-order valence-electron chi connectivity index (χ2n) is 6.14. The first kappa shape index (κ1) is 16.8. The Bertz CT molecular complexity index is 689. The Kier molecular flexibility index (Phi) is 5.34. The van der Waals surface area contributed by atoms with Crippen LogP contribution < -0.4 is 11.2 Å². The van der Waals surface area contributed by atoms with Crippen LogP contribution in [0.15, 0.2) is 29.7 Å². The molecular formula is C16H22N6OS. The lowest BCUT2D eigenvalue weighted by atomic mass is 9.86. The Balaban J connectivity index is 1.57. The lowest BCUT2D eigenvalue weighted by molar-refractivity contribution is -0.119. The zero-order valence-corrected chi connectivity index (χ0v) is 14.5. The highest BCUT2D eigenvalue weighted by Crippen LogP contribution is 2.24. The number of pyridine rings is 1. The predicted molar refractivity (Wildman–Crippen MR) is 93.7 cm³/mol. The molecule has 3 rings (SSSR count). The molecule has 0 unspecified atom stereocenters. The molecule has 2 aromatic heterocycles. The van der Waals surface area contributed by atoms with Crippen molar-refractivity contribution in [3.8, 4) is 11.4 Å². The quantitative estimate of drug-likeness (QED) is 0.633. The summed E-state index contributed by atoms with van der Waals surface area (Å²) in [5.41, 5.74) is 0.792. The number of thioether (sulfide) groups is 1. The van der Waals surface area contributed by atoms with E-state index in [1.54, 1.807) is 12.4 Å². The van der Waals surface area contributed by atoms with E-state index in [2.05, 4.69) is 27.4 Å². The summed E-state index contributed by atoms with van der Waals surface area (Å²) in [6.07, 6.45) is 8.06. The molecule has 1 aliphatic carbocycles. The molecule has 2 aromatic rings. The summed E-state index contributed by atoms with van der Waals surface area (Å²) in [6.45, 7) is 2.20. The summed E-state index contributed by atoms with van der Waals surface area (Å²) >= 11 is 1.29. The number of nitrogens with zero attached hydrogens (tertiary/aromatic N) is 4. The maximum atomic E-state index is 12.2. The van der Waals surface area contributed by atoms with Crippen molar-refractivity contribution < 1.29 is 4.79 Å². The van der Waals surface area contributed by atoms with Crippen LogP contribution in [0, 0.1) is 5.92 Å². The van der Waals surface area contributed by atoms with Crippen LogP contribution in [0.5, 0.6) is 0 Å². The van der Waals surface area contributed by atoms with Crippen molar-refractivity contribution in [1.29, 1.82) is 0 Å². The third kappa shape index (κ3) is 3.87. The van der Waals surface area contributed by atoms with Gasteiger partial charge in [0.05, 0.1) is 5.75 Å². The number of hydrogen-bond acceptors (Lipinski definition) is 6. The lowest BCUT2D eigenvalue weighted by Crippen LogP contribution is -2.41. The molecule has 1 saturated carbocycles. The molecule has 2 atom stereocenters. The number of amides is 1. The third-order valence-corrected chi connectivity index (χ3v) is 5.32. The highest BCUT2D eigenvalue weighted by molar-refractivity contribution is 7.99. The first-order chi connectivity index (χ1) is 11.6. The Hall–Kier alpha value is -2.09. The van der Waals surface area contributed by atoms with Crippen LogP contribution in [0.4, 0.5) is 0 Å². The van der Waals surface area contributed by atoms with E-state index in [-0.39, 0.29) is 17.7 Å². The van der Waals surface area contributed by atoms with Crippen molar-refractivity contribution in [3.63, 3.8) is 0 Å². The molecule has 0 aromatic carbocycles. The number of carbonyl (C=O) groups is 1. The Morgan fingerprint density at radius 1 is 1.42 bits per heavy atom. The third-order valence-electron chi connectivity index (χ3n) is 4.37. The maximum absolute atomic E-state index is 12.2. The minimum atomic E-state index is 0.0182. The van der Waals surface area contributed by atoms with Gasteiger partial charge in [0.1, 0.15) is 0 Å². The van der Waals surface area contributed by atoms with E-state index >= 15 is 0 Å². The molecule has 3 N–H and O–H groups in total. The number of rotatable bonds is 5. The highest BCUT2D eigenvalue weighted by Gasteiger charge is 2.23. The smallest absolute Gasteiger partial charge is 0.230 e. The molecule has 7 nitrogen and oxygen atoms in total. The zero-order valence-electron chi connectivity index (χ0n) is 13.7. The summed E-state index contributed by atoms with van der Waals surface area (Å²) in [4.78, 5) is 16.2. The largest absolute Gasteiger partial charge is 0.352 e. The SMILES string of the molecule is C[C@@H]1CCCC[C@H]1NC(=O)CSc1nnc(-c2cccnc2)n1N. The number of nitrogens with two attached hydrogens (primary N) is 1. The first-order valence-corrected chi connectivity index (χ1v) is 9.16.